The Kier molecular flexibility index (Phi) is 3.71. The molecule has 0 fully saturated rings. The zero-order valence-electron chi connectivity index (χ0n) is 11.4. The van der Waals surface area contributed by atoms with Crippen LogP contribution >= 0.6 is 0 Å². The first-order valence-electron chi connectivity index (χ1n) is 6.17. The molecule has 1 aromatic heterocycles. The SMILES string of the molecule is CC(C)(C)ON(C=O)C=Cc1cc2ccccc2[nH]1. The number of benzene rings is 1. The summed E-state index contributed by atoms with van der Waals surface area (Å²) in [5.41, 5.74) is 1.58. The molecule has 4 nitrogen and oxygen atoms in total. The van der Waals surface area contributed by atoms with Gasteiger partial charge in [0.2, 0.25) is 6.41 Å². The van der Waals surface area contributed by atoms with Gasteiger partial charge < -0.3 is 4.98 Å². The maximum absolute atomic E-state index is 10.9. The Balaban J connectivity index is 2.14. The van der Waals surface area contributed by atoms with E-state index in [0.717, 1.165) is 16.6 Å². The van der Waals surface area contributed by atoms with E-state index < -0.39 is 5.60 Å². The Hall–Kier alpha value is -2.07. The Morgan fingerprint density at radius 2 is 2.00 bits per heavy atom. The van der Waals surface area contributed by atoms with Crippen LogP contribution in [0.4, 0.5) is 0 Å². The van der Waals surface area contributed by atoms with Crippen molar-refractivity contribution in [2.45, 2.75) is 26.4 Å². The smallest absolute Gasteiger partial charge is 0.237 e. The van der Waals surface area contributed by atoms with E-state index in [1.165, 1.54) is 5.06 Å². The number of aromatic nitrogens is 1. The van der Waals surface area contributed by atoms with E-state index in [2.05, 4.69) is 4.98 Å². The highest BCUT2D eigenvalue weighted by Crippen LogP contribution is 2.16. The van der Waals surface area contributed by atoms with Gasteiger partial charge in [-0.25, -0.2) is 0 Å². The van der Waals surface area contributed by atoms with Gasteiger partial charge in [0.1, 0.15) is 0 Å². The fraction of sp³-hybridized carbons (Fsp3) is 0.267. The molecule has 0 radical (unpaired) electrons. The summed E-state index contributed by atoms with van der Waals surface area (Å²) in [5.74, 6) is 0. The largest absolute Gasteiger partial charge is 0.355 e. The number of carbonyl (C=O) groups excluding carboxylic acids is 1. The Bertz CT molecular complexity index is 560. The molecule has 2 aromatic rings. The lowest BCUT2D eigenvalue weighted by Crippen LogP contribution is -2.29. The molecule has 0 saturated carbocycles. The first-order chi connectivity index (χ1) is 8.98. The van der Waals surface area contributed by atoms with Crippen LogP contribution in [-0.4, -0.2) is 22.1 Å². The number of para-hydroxylation sites is 1. The number of H-pyrrole nitrogens is 1. The van der Waals surface area contributed by atoms with Crippen LogP contribution in [0.5, 0.6) is 0 Å². The Morgan fingerprint density at radius 1 is 1.26 bits per heavy atom. The molecule has 0 spiro atoms. The first-order valence-corrected chi connectivity index (χ1v) is 6.17. The van der Waals surface area contributed by atoms with Crippen molar-refractivity contribution < 1.29 is 9.63 Å². The van der Waals surface area contributed by atoms with Crippen LogP contribution in [0.3, 0.4) is 0 Å². The monoisotopic (exact) mass is 258 g/mol. The molecule has 100 valence electrons. The summed E-state index contributed by atoms with van der Waals surface area (Å²) < 4.78 is 0. The molecule has 4 heteroatoms. The minimum Gasteiger partial charge on any atom is -0.355 e. The molecule has 1 amide bonds. The highest BCUT2D eigenvalue weighted by molar-refractivity contribution is 5.82. The number of nitrogens with one attached hydrogen (secondary N) is 1. The van der Waals surface area contributed by atoms with Crippen molar-refractivity contribution in [3.8, 4) is 0 Å². The topological polar surface area (TPSA) is 45.3 Å². The predicted octanol–water partition coefficient (Wildman–Crippen LogP) is 3.33. The molecule has 0 bridgehead atoms. The number of fused-ring (bicyclic) bond motifs is 1. The molecule has 0 unspecified atom stereocenters. The number of amides is 1. The van der Waals surface area contributed by atoms with Crippen molar-refractivity contribution in [1.82, 2.24) is 10.0 Å². The van der Waals surface area contributed by atoms with Gasteiger partial charge in [-0.3, -0.25) is 9.63 Å². The van der Waals surface area contributed by atoms with E-state index in [1.54, 1.807) is 12.3 Å². The number of carbonyl (C=O) groups is 1. The van der Waals surface area contributed by atoms with E-state index in [-0.39, 0.29) is 0 Å². The maximum atomic E-state index is 10.9. The van der Waals surface area contributed by atoms with E-state index in [1.807, 2.05) is 51.1 Å². The maximum Gasteiger partial charge on any atom is 0.237 e. The van der Waals surface area contributed by atoms with Crippen molar-refractivity contribution in [2.24, 2.45) is 0 Å². The molecular formula is C15H18N2O2. The third kappa shape index (κ3) is 3.69. The third-order valence-corrected chi connectivity index (χ3v) is 2.43. The molecule has 2 rings (SSSR count). The summed E-state index contributed by atoms with van der Waals surface area (Å²) in [5, 5.41) is 2.31. The van der Waals surface area contributed by atoms with Gasteiger partial charge in [0, 0.05) is 17.4 Å². The summed E-state index contributed by atoms with van der Waals surface area (Å²) in [6, 6.07) is 10.0. The molecule has 0 aliphatic heterocycles. The minimum atomic E-state index is -0.411. The lowest BCUT2D eigenvalue weighted by Gasteiger charge is -2.23. The van der Waals surface area contributed by atoms with Crippen LogP contribution in [0.1, 0.15) is 26.5 Å². The van der Waals surface area contributed by atoms with Crippen molar-refractivity contribution >= 4 is 23.4 Å². The van der Waals surface area contributed by atoms with Gasteiger partial charge in [0.05, 0.1) is 5.60 Å². The summed E-state index contributed by atoms with van der Waals surface area (Å²) in [6.07, 6.45) is 4.05. The van der Waals surface area contributed by atoms with Gasteiger partial charge in [-0.15, -0.1) is 0 Å². The highest BCUT2D eigenvalue weighted by Gasteiger charge is 2.14. The van der Waals surface area contributed by atoms with Gasteiger partial charge >= 0.3 is 0 Å². The minimum absolute atomic E-state index is 0.411. The van der Waals surface area contributed by atoms with Crippen molar-refractivity contribution in [3.63, 3.8) is 0 Å². The quantitative estimate of drug-likeness (QED) is 0.675. The van der Waals surface area contributed by atoms with Gasteiger partial charge in [0.15, 0.2) is 0 Å². The number of aromatic amines is 1. The molecule has 0 saturated heterocycles. The Labute approximate surface area is 112 Å². The normalized spacial score (nSPS) is 12.2. The standard InChI is InChI=1S/C15H18N2O2/c1-15(2,3)19-17(11-18)9-8-13-10-12-6-4-5-7-14(12)16-13/h4-11,16H,1-3H3. The fourth-order valence-corrected chi connectivity index (χ4v) is 1.74. The lowest BCUT2D eigenvalue weighted by molar-refractivity contribution is -0.194. The second-order valence-corrected chi connectivity index (χ2v) is 5.30. The van der Waals surface area contributed by atoms with Crippen molar-refractivity contribution in [3.05, 3.63) is 42.2 Å². The first kappa shape index (κ1) is 13.4. The average Bonchev–Trinajstić information content (AvgIpc) is 2.75. The Morgan fingerprint density at radius 3 is 2.63 bits per heavy atom. The summed E-state index contributed by atoms with van der Waals surface area (Å²) in [7, 11) is 0. The van der Waals surface area contributed by atoms with Crippen LogP contribution < -0.4 is 0 Å². The van der Waals surface area contributed by atoms with Gasteiger partial charge in [-0.1, -0.05) is 18.2 Å². The fourth-order valence-electron chi connectivity index (χ4n) is 1.74. The molecule has 0 atom stereocenters. The van der Waals surface area contributed by atoms with Gasteiger partial charge in [-0.05, 0) is 44.4 Å². The van der Waals surface area contributed by atoms with Crippen LogP contribution in [0.15, 0.2) is 36.5 Å². The van der Waals surface area contributed by atoms with Crippen LogP contribution in [0.25, 0.3) is 17.0 Å². The average molecular weight is 258 g/mol. The van der Waals surface area contributed by atoms with Crippen molar-refractivity contribution in [1.29, 1.82) is 0 Å². The number of nitrogens with zero attached hydrogens (tertiary/aromatic N) is 1. The van der Waals surface area contributed by atoms with E-state index in [9.17, 15) is 4.79 Å². The summed E-state index contributed by atoms with van der Waals surface area (Å²) in [6.45, 7) is 5.67. The zero-order valence-corrected chi connectivity index (χ0v) is 11.4. The highest BCUT2D eigenvalue weighted by atomic mass is 16.7. The molecule has 0 aliphatic rings. The molecule has 1 aromatic carbocycles. The van der Waals surface area contributed by atoms with E-state index in [0.29, 0.717) is 6.41 Å². The van der Waals surface area contributed by atoms with Crippen molar-refractivity contribution in [2.75, 3.05) is 0 Å². The lowest BCUT2D eigenvalue weighted by atomic mass is 10.2. The zero-order chi connectivity index (χ0) is 13.9. The molecule has 19 heavy (non-hydrogen) atoms. The predicted molar refractivity (Wildman–Crippen MR) is 76.1 cm³/mol. The van der Waals surface area contributed by atoms with Crippen LogP contribution in [-0.2, 0) is 9.63 Å². The number of hydrogen-bond donors (Lipinski definition) is 1. The van der Waals surface area contributed by atoms with Gasteiger partial charge in [0.25, 0.3) is 0 Å². The summed E-state index contributed by atoms with van der Waals surface area (Å²) in [4.78, 5) is 19.6. The molecule has 1 N–H and O–H groups in total. The second kappa shape index (κ2) is 5.28. The van der Waals surface area contributed by atoms with Crippen LogP contribution in [0.2, 0.25) is 0 Å². The van der Waals surface area contributed by atoms with E-state index in [4.69, 9.17) is 4.84 Å². The van der Waals surface area contributed by atoms with Crippen LogP contribution in [0, 0.1) is 0 Å². The summed E-state index contributed by atoms with van der Waals surface area (Å²) >= 11 is 0. The number of rotatable bonds is 4. The molecular weight excluding hydrogens is 240 g/mol. The number of hydroxylamine groups is 2. The second-order valence-electron chi connectivity index (χ2n) is 5.30. The number of hydrogen-bond acceptors (Lipinski definition) is 2. The third-order valence-electron chi connectivity index (χ3n) is 2.43. The van der Waals surface area contributed by atoms with Gasteiger partial charge in [-0.2, -0.15) is 5.06 Å². The molecule has 0 aliphatic carbocycles. The molecule has 1 heterocycles. The van der Waals surface area contributed by atoms with E-state index >= 15 is 0 Å².